The first-order chi connectivity index (χ1) is 11.3. The minimum Gasteiger partial charge on any atom is -0.321 e. The lowest BCUT2D eigenvalue weighted by molar-refractivity contribution is 0.0464. The van der Waals surface area contributed by atoms with Gasteiger partial charge >= 0.3 is 6.03 Å². The first kappa shape index (κ1) is 18.8. The highest BCUT2D eigenvalue weighted by molar-refractivity contribution is 5.90. The summed E-state index contributed by atoms with van der Waals surface area (Å²) in [7, 11) is 0. The summed E-state index contributed by atoms with van der Waals surface area (Å²) in [6.45, 7) is 17.0. The average Bonchev–Trinajstić information content (AvgIpc) is 2.38. The molecule has 0 aromatic heterocycles. The number of nitrogens with one attached hydrogen (secondary N) is 1. The molecule has 1 aliphatic rings. The Morgan fingerprint density at radius 1 is 1.17 bits per heavy atom. The molecule has 24 heavy (non-hydrogen) atoms. The van der Waals surface area contributed by atoms with Gasteiger partial charge in [-0.2, -0.15) is 0 Å². The molecule has 1 aliphatic heterocycles. The second-order valence-electron chi connectivity index (χ2n) is 8.05. The van der Waals surface area contributed by atoms with E-state index in [0.29, 0.717) is 17.9 Å². The van der Waals surface area contributed by atoms with Gasteiger partial charge in [-0.15, -0.1) is 0 Å². The van der Waals surface area contributed by atoms with E-state index in [1.54, 1.807) is 0 Å². The molecule has 1 fully saturated rings. The molecule has 2 rings (SSSR count). The molecule has 1 heterocycles. The van der Waals surface area contributed by atoms with E-state index in [9.17, 15) is 4.79 Å². The highest BCUT2D eigenvalue weighted by atomic mass is 16.2. The molecule has 0 unspecified atom stereocenters. The van der Waals surface area contributed by atoms with Crippen LogP contribution in [0, 0.1) is 25.7 Å². The Balaban J connectivity index is 1.88. The molecule has 134 valence electrons. The quantitative estimate of drug-likeness (QED) is 0.850. The zero-order chi connectivity index (χ0) is 17.9. The number of hydrogen-bond donors (Lipinski definition) is 1. The molecular formula is C20H33N3O. The average molecular weight is 332 g/mol. The molecule has 0 saturated carbocycles. The molecule has 1 aromatic carbocycles. The van der Waals surface area contributed by atoms with Crippen LogP contribution in [0.5, 0.6) is 0 Å². The van der Waals surface area contributed by atoms with E-state index in [4.69, 9.17) is 0 Å². The van der Waals surface area contributed by atoms with Crippen LogP contribution >= 0.6 is 0 Å². The highest BCUT2D eigenvalue weighted by Gasteiger charge is 2.35. The monoisotopic (exact) mass is 331 g/mol. The summed E-state index contributed by atoms with van der Waals surface area (Å²) in [6.07, 6.45) is 0. The van der Waals surface area contributed by atoms with Gasteiger partial charge in [0, 0.05) is 37.9 Å². The normalized spacial score (nSPS) is 15.3. The fourth-order valence-corrected chi connectivity index (χ4v) is 3.31. The first-order valence-electron chi connectivity index (χ1n) is 9.13. The zero-order valence-electron chi connectivity index (χ0n) is 16.1. The summed E-state index contributed by atoms with van der Waals surface area (Å²) in [5.74, 6) is 1.31. The Labute approximate surface area is 147 Å². The summed E-state index contributed by atoms with van der Waals surface area (Å²) < 4.78 is 0. The maximum atomic E-state index is 12.4. The number of carbonyl (C=O) groups excluding carboxylic acids is 1. The lowest BCUT2D eigenvalue weighted by Gasteiger charge is -2.46. The van der Waals surface area contributed by atoms with E-state index in [-0.39, 0.29) is 6.03 Å². The van der Waals surface area contributed by atoms with Gasteiger partial charge in [-0.3, -0.25) is 4.90 Å². The van der Waals surface area contributed by atoms with Gasteiger partial charge in [-0.05, 0) is 37.3 Å². The summed E-state index contributed by atoms with van der Waals surface area (Å²) in [4.78, 5) is 16.9. The summed E-state index contributed by atoms with van der Waals surface area (Å²) in [6, 6.07) is 6.65. The van der Waals surface area contributed by atoms with Gasteiger partial charge in [0.25, 0.3) is 0 Å². The molecule has 0 atom stereocenters. The van der Waals surface area contributed by atoms with Crippen molar-refractivity contribution < 1.29 is 4.79 Å². The van der Waals surface area contributed by atoms with E-state index >= 15 is 0 Å². The number of nitrogens with zero attached hydrogens (tertiary/aromatic N) is 2. The number of benzene rings is 1. The second kappa shape index (κ2) is 8.02. The summed E-state index contributed by atoms with van der Waals surface area (Å²) >= 11 is 0. The van der Waals surface area contributed by atoms with Gasteiger partial charge in [0.15, 0.2) is 0 Å². The van der Waals surface area contributed by atoms with Crippen molar-refractivity contribution in [1.29, 1.82) is 0 Å². The van der Waals surface area contributed by atoms with Crippen LogP contribution in [-0.2, 0) is 0 Å². The van der Waals surface area contributed by atoms with E-state index in [0.717, 1.165) is 37.4 Å². The Bertz CT molecular complexity index is 552. The van der Waals surface area contributed by atoms with E-state index in [2.05, 4.69) is 50.9 Å². The van der Waals surface area contributed by atoms with Gasteiger partial charge in [0.1, 0.15) is 0 Å². The van der Waals surface area contributed by atoms with Crippen molar-refractivity contribution in [2.24, 2.45) is 11.8 Å². The largest absolute Gasteiger partial charge is 0.321 e. The summed E-state index contributed by atoms with van der Waals surface area (Å²) in [5.41, 5.74) is 3.24. The molecule has 0 radical (unpaired) electrons. The standard InChI is InChI=1S/C20H33N3O/c1-14(2)10-22(11-15(3)4)18-12-23(13-18)20(24)21-19-8-7-16(5)9-17(19)6/h7-9,14-15,18H,10-13H2,1-6H3,(H,21,24). The van der Waals surface area contributed by atoms with Gasteiger partial charge in [0.2, 0.25) is 0 Å². The van der Waals surface area contributed by atoms with Crippen molar-refractivity contribution in [3.8, 4) is 0 Å². The molecule has 1 aromatic rings. The Kier molecular flexibility index (Phi) is 6.27. The molecule has 0 aliphatic carbocycles. The van der Waals surface area contributed by atoms with Crippen LogP contribution in [0.1, 0.15) is 38.8 Å². The highest BCUT2D eigenvalue weighted by Crippen LogP contribution is 2.21. The Morgan fingerprint density at radius 2 is 1.75 bits per heavy atom. The number of hydrogen-bond acceptors (Lipinski definition) is 2. The van der Waals surface area contributed by atoms with E-state index in [1.165, 1.54) is 5.56 Å². The number of anilines is 1. The Morgan fingerprint density at radius 3 is 2.25 bits per heavy atom. The minimum atomic E-state index is 0.0206. The smallest absolute Gasteiger partial charge is 0.321 e. The van der Waals surface area contributed by atoms with Crippen molar-refractivity contribution in [3.63, 3.8) is 0 Å². The van der Waals surface area contributed by atoms with Crippen LogP contribution in [-0.4, -0.2) is 48.1 Å². The number of likely N-dealkylation sites (tertiary alicyclic amines) is 1. The molecular weight excluding hydrogens is 298 g/mol. The van der Waals surface area contributed by atoms with Crippen molar-refractivity contribution in [2.45, 2.75) is 47.6 Å². The third-order valence-electron chi connectivity index (χ3n) is 4.49. The van der Waals surface area contributed by atoms with Crippen molar-refractivity contribution >= 4 is 11.7 Å². The number of rotatable bonds is 6. The van der Waals surface area contributed by atoms with Crippen LogP contribution in [0.3, 0.4) is 0 Å². The fourth-order valence-electron chi connectivity index (χ4n) is 3.31. The molecule has 1 saturated heterocycles. The van der Waals surface area contributed by atoms with Crippen molar-refractivity contribution in [3.05, 3.63) is 29.3 Å². The van der Waals surface area contributed by atoms with Gasteiger partial charge < -0.3 is 10.2 Å². The third kappa shape index (κ3) is 4.97. The predicted octanol–water partition coefficient (Wildman–Crippen LogP) is 4.13. The molecule has 4 nitrogen and oxygen atoms in total. The third-order valence-corrected chi connectivity index (χ3v) is 4.49. The van der Waals surface area contributed by atoms with Gasteiger partial charge in [-0.25, -0.2) is 4.79 Å². The van der Waals surface area contributed by atoms with Crippen LogP contribution in [0.4, 0.5) is 10.5 Å². The van der Waals surface area contributed by atoms with E-state index in [1.807, 2.05) is 24.0 Å². The molecule has 2 amide bonds. The SMILES string of the molecule is Cc1ccc(NC(=O)N2CC(N(CC(C)C)CC(C)C)C2)c(C)c1. The van der Waals surface area contributed by atoms with Gasteiger partial charge in [0.05, 0.1) is 0 Å². The van der Waals surface area contributed by atoms with Crippen molar-refractivity contribution in [1.82, 2.24) is 9.80 Å². The second-order valence-corrected chi connectivity index (χ2v) is 8.05. The Hall–Kier alpha value is -1.55. The van der Waals surface area contributed by atoms with Gasteiger partial charge in [-0.1, -0.05) is 45.4 Å². The molecule has 0 bridgehead atoms. The maximum Gasteiger partial charge on any atom is 0.321 e. The number of carbonyl (C=O) groups is 1. The maximum absolute atomic E-state index is 12.4. The molecule has 1 N–H and O–H groups in total. The zero-order valence-corrected chi connectivity index (χ0v) is 16.1. The summed E-state index contributed by atoms with van der Waals surface area (Å²) in [5, 5.41) is 3.05. The van der Waals surface area contributed by atoms with E-state index < -0.39 is 0 Å². The molecule has 4 heteroatoms. The van der Waals surface area contributed by atoms with Crippen LogP contribution in [0.25, 0.3) is 0 Å². The van der Waals surface area contributed by atoms with Crippen LogP contribution in [0.15, 0.2) is 18.2 Å². The number of urea groups is 1. The predicted molar refractivity (Wildman–Crippen MR) is 102 cm³/mol. The lowest BCUT2D eigenvalue weighted by Crippen LogP contribution is -2.62. The minimum absolute atomic E-state index is 0.0206. The fraction of sp³-hybridized carbons (Fsp3) is 0.650. The topological polar surface area (TPSA) is 35.6 Å². The number of aryl methyl sites for hydroxylation is 2. The molecule has 0 spiro atoms. The van der Waals surface area contributed by atoms with Crippen LogP contribution in [0.2, 0.25) is 0 Å². The number of amides is 2. The van der Waals surface area contributed by atoms with Crippen molar-refractivity contribution in [2.75, 3.05) is 31.5 Å². The van der Waals surface area contributed by atoms with Crippen LogP contribution < -0.4 is 5.32 Å². The first-order valence-corrected chi connectivity index (χ1v) is 9.13. The lowest BCUT2D eigenvalue weighted by atomic mass is 10.0.